The van der Waals surface area contributed by atoms with E-state index in [-0.39, 0.29) is 23.9 Å². The molecule has 0 unspecified atom stereocenters. The summed E-state index contributed by atoms with van der Waals surface area (Å²) in [6, 6.07) is 9.37. The molecule has 26 heavy (non-hydrogen) atoms. The van der Waals surface area contributed by atoms with Crippen LogP contribution in [0.3, 0.4) is 0 Å². The molecule has 2 fully saturated rings. The highest BCUT2D eigenvalue weighted by Crippen LogP contribution is 2.27. The summed E-state index contributed by atoms with van der Waals surface area (Å²) in [6.45, 7) is 1.67. The van der Waals surface area contributed by atoms with Gasteiger partial charge in [-0.25, -0.2) is 0 Å². The number of nitrogens with one attached hydrogen (secondary N) is 1. The van der Waals surface area contributed by atoms with E-state index in [4.69, 9.17) is 0 Å². The fourth-order valence-electron chi connectivity index (χ4n) is 3.91. The molecule has 3 atom stereocenters. The van der Waals surface area contributed by atoms with E-state index < -0.39 is 6.10 Å². The minimum atomic E-state index is -0.645. The molecule has 0 aromatic heterocycles. The predicted molar refractivity (Wildman–Crippen MR) is 100 cm³/mol. The van der Waals surface area contributed by atoms with Gasteiger partial charge in [0, 0.05) is 32.3 Å². The van der Waals surface area contributed by atoms with E-state index >= 15 is 0 Å². The molecule has 0 radical (unpaired) electrons. The zero-order valence-corrected chi connectivity index (χ0v) is 15.2. The van der Waals surface area contributed by atoms with E-state index in [1.807, 2.05) is 35.2 Å². The van der Waals surface area contributed by atoms with Crippen molar-refractivity contribution in [2.24, 2.45) is 0 Å². The maximum Gasteiger partial charge on any atom is 0.246 e. The van der Waals surface area contributed by atoms with Gasteiger partial charge < -0.3 is 15.3 Å². The molecule has 1 aliphatic heterocycles. The SMILES string of the molecule is CN(C(=O)/C=C/c1ccccc1)[C@@H]1CCC[C@@H](N2CCNC(=O)C2)[C@@H]1O. The van der Waals surface area contributed by atoms with Crippen molar-refractivity contribution in [1.29, 1.82) is 0 Å². The summed E-state index contributed by atoms with van der Waals surface area (Å²) in [5.74, 6) is -0.115. The van der Waals surface area contributed by atoms with E-state index in [2.05, 4.69) is 5.32 Å². The Balaban J connectivity index is 1.64. The number of rotatable bonds is 4. The minimum absolute atomic E-state index is 0.000740. The van der Waals surface area contributed by atoms with Crippen LogP contribution in [0.1, 0.15) is 24.8 Å². The van der Waals surface area contributed by atoms with Gasteiger partial charge >= 0.3 is 0 Å². The van der Waals surface area contributed by atoms with Gasteiger partial charge in [0.05, 0.1) is 18.7 Å². The van der Waals surface area contributed by atoms with Crippen LogP contribution in [0.15, 0.2) is 36.4 Å². The average Bonchev–Trinajstić information content (AvgIpc) is 2.66. The van der Waals surface area contributed by atoms with Crippen LogP contribution < -0.4 is 5.32 Å². The molecule has 2 amide bonds. The molecular formula is C20H27N3O3. The Morgan fingerprint density at radius 2 is 2.08 bits per heavy atom. The topological polar surface area (TPSA) is 72.9 Å². The summed E-state index contributed by atoms with van der Waals surface area (Å²) in [7, 11) is 1.75. The third-order valence-electron chi connectivity index (χ3n) is 5.39. The first-order chi connectivity index (χ1) is 12.6. The third kappa shape index (κ3) is 4.31. The Hall–Kier alpha value is -2.18. The van der Waals surface area contributed by atoms with Crippen LogP contribution in [-0.2, 0) is 9.59 Å². The quantitative estimate of drug-likeness (QED) is 0.785. The van der Waals surface area contributed by atoms with Crippen molar-refractivity contribution in [3.8, 4) is 0 Å². The van der Waals surface area contributed by atoms with Gasteiger partial charge in [-0.05, 0) is 30.9 Å². The zero-order chi connectivity index (χ0) is 18.5. The third-order valence-corrected chi connectivity index (χ3v) is 5.39. The van der Waals surface area contributed by atoms with Crippen molar-refractivity contribution in [1.82, 2.24) is 15.1 Å². The van der Waals surface area contributed by atoms with Crippen LogP contribution in [0.2, 0.25) is 0 Å². The predicted octanol–water partition coefficient (Wildman–Crippen LogP) is 0.872. The van der Waals surface area contributed by atoms with E-state index in [0.717, 1.165) is 31.4 Å². The summed E-state index contributed by atoms with van der Waals surface area (Å²) in [5, 5.41) is 13.7. The molecule has 6 heteroatoms. The maximum absolute atomic E-state index is 12.5. The number of aliphatic hydroxyl groups excluding tert-OH is 1. The largest absolute Gasteiger partial charge is 0.389 e. The molecule has 1 saturated heterocycles. The van der Waals surface area contributed by atoms with Crippen molar-refractivity contribution >= 4 is 17.9 Å². The molecule has 1 aromatic rings. The average molecular weight is 357 g/mol. The van der Waals surface area contributed by atoms with Crippen LogP contribution in [0.5, 0.6) is 0 Å². The summed E-state index contributed by atoms with van der Waals surface area (Å²) in [5.41, 5.74) is 0.968. The lowest BCUT2D eigenvalue weighted by molar-refractivity contribution is -0.135. The van der Waals surface area contributed by atoms with Crippen LogP contribution >= 0.6 is 0 Å². The highest BCUT2D eigenvalue weighted by molar-refractivity contribution is 5.91. The van der Waals surface area contributed by atoms with Gasteiger partial charge in [0.1, 0.15) is 0 Å². The Kier molecular flexibility index (Phi) is 6.06. The first-order valence-electron chi connectivity index (χ1n) is 9.25. The molecule has 2 N–H and O–H groups in total. The molecule has 1 saturated carbocycles. The number of carbonyl (C=O) groups excluding carboxylic acids is 2. The van der Waals surface area contributed by atoms with Gasteiger partial charge in [0.2, 0.25) is 11.8 Å². The number of hydrogen-bond acceptors (Lipinski definition) is 4. The first kappa shape index (κ1) is 18.6. The number of piperazine rings is 1. The smallest absolute Gasteiger partial charge is 0.246 e. The highest BCUT2D eigenvalue weighted by atomic mass is 16.3. The van der Waals surface area contributed by atoms with Crippen molar-refractivity contribution in [2.45, 2.75) is 37.5 Å². The number of aliphatic hydroxyl groups is 1. The molecule has 1 aliphatic carbocycles. The van der Waals surface area contributed by atoms with Crippen molar-refractivity contribution in [2.75, 3.05) is 26.7 Å². The van der Waals surface area contributed by atoms with Crippen molar-refractivity contribution < 1.29 is 14.7 Å². The van der Waals surface area contributed by atoms with Gasteiger partial charge in [-0.1, -0.05) is 30.3 Å². The molecule has 0 spiro atoms. The molecule has 1 heterocycles. The van der Waals surface area contributed by atoms with E-state index in [9.17, 15) is 14.7 Å². The van der Waals surface area contributed by atoms with Gasteiger partial charge in [-0.3, -0.25) is 14.5 Å². The first-order valence-corrected chi connectivity index (χ1v) is 9.25. The van der Waals surface area contributed by atoms with Crippen LogP contribution in [0.4, 0.5) is 0 Å². The lowest BCUT2D eigenvalue weighted by Crippen LogP contribution is -2.60. The second kappa shape index (κ2) is 8.47. The highest BCUT2D eigenvalue weighted by Gasteiger charge is 2.39. The number of benzene rings is 1. The maximum atomic E-state index is 12.5. The molecule has 2 aliphatic rings. The summed E-state index contributed by atoms with van der Waals surface area (Å²) < 4.78 is 0. The van der Waals surface area contributed by atoms with Gasteiger partial charge in [0.25, 0.3) is 0 Å². The zero-order valence-electron chi connectivity index (χ0n) is 15.2. The van der Waals surface area contributed by atoms with Crippen molar-refractivity contribution in [3.63, 3.8) is 0 Å². The fourth-order valence-corrected chi connectivity index (χ4v) is 3.91. The molecule has 0 bridgehead atoms. The van der Waals surface area contributed by atoms with Crippen LogP contribution in [0, 0.1) is 0 Å². The number of carbonyl (C=O) groups is 2. The van der Waals surface area contributed by atoms with Gasteiger partial charge in [-0.15, -0.1) is 0 Å². The Morgan fingerprint density at radius 3 is 2.81 bits per heavy atom. The molecular weight excluding hydrogens is 330 g/mol. The number of hydrogen-bond donors (Lipinski definition) is 2. The summed E-state index contributed by atoms with van der Waals surface area (Å²) in [6.07, 6.45) is 5.27. The fraction of sp³-hybridized carbons (Fsp3) is 0.500. The monoisotopic (exact) mass is 357 g/mol. The summed E-state index contributed by atoms with van der Waals surface area (Å²) in [4.78, 5) is 27.9. The van der Waals surface area contributed by atoms with Crippen LogP contribution in [0.25, 0.3) is 6.08 Å². The molecule has 6 nitrogen and oxygen atoms in total. The Labute approximate surface area is 154 Å². The number of likely N-dealkylation sites (N-methyl/N-ethyl adjacent to an activating group) is 1. The Morgan fingerprint density at radius 1 is 1.31 bits per heavy atom. The lowest BCUT2D eigenvalue weighted by Gasteiger charge is -2.45. The Bertz CT molecular complexity index is 662. The van der Waals surface area contributed by atoms with Crippen LogP contribution in [-0.4, -0.2) is 71.6 Å². The lowest BCUT2D eigenvalue weighted by atomic mass is 9.86. The van der Waals surface area contributed by atoms with Gasteiger partial charge in [-0.2, -0.15) is 0 Å². The van der Waals surface area contributed by atoms with E-state index in [1.165, 1.54) is 0 Å². The summed E-state index contributed by atoms with van der Waals surface area (Å²) >= 11 is 0. The van der Waals surface area contributed by atoms with Gasteiger partial charge in [0.15, 0.2) is 0 Å². The van der Waals surface area contributed by atoms with Crippen molar-refractivity contribution in [3.05, 3.63) is 42.0 Å². The molecule has 3 rings (SSSR count). The molecule has 140 valence electrons. The molecule has 1 aromatic carbocycles. The minimum Gasteiger partial charge on any atom is -0.389 e. The number of amides is 2. The second-order valence-electron chi connectivity index (χ2n) is 7.07. The number of nitrogens with zero attached hydrogens (tertiary/aromatic N) is 2. The normalized spacial score (nSPS) is 27.3. The standard InChI is InChI=1S/C20H27N3O3/c1-22(19(25)11-10-15-6-3-2-4-7-15)16-8-5-9-17(20(16)26)23-13-12-21-18(24)14-23/h2-4,6-7,10-11,16-17,20,26H,5,8-9,12-14H2,1H3,(H,21,24)/b11-10+/t16-,17-,20-/m1/s1. The second-order valence-corrected chi connectivity index (χ2v) is 7.07. The van der Waals surface area contributed by atoms with E-state index in [0.29, 0.717) is 13.1 Å². The van der Waals surface area contributed by atoms with E-state index in [1.54, 1.807) is 24.1 Å².